The molecule has 0 radical (unpaired) electrons. The molecule has 1 amide bonds. The Bertz CT molecular complexity index is 1130. The highest BCUT2D eigenvalue weighted by Gasteiger charge is 2.33. The summed E-state index contributed by atoms with van der Waals surface area (Å²) in [5.74, 6) is -0.395. The Balaban J connectivity index is 2.10. The molecule has 2 aromatic rings. The van der Waals surface area contributed by atoms with Crippen LogP contribution in [0.1, 0.15) is 42.7 Å². The lowest BCUT2D eigenvalue weighted by Gasteiger charge is -2.16. The number of nitrogens with zero attached hydrogens (tertiary/aromatic N) is 1. The highest BCUT2D eigenvalue weighted by atomic mass is 32.2. The monoisotopic (exact) mass is 484 g/mol. The minimum Gasteiger partial charge on any atom is -0.367 e. The third-order valence-electron chi connectivity index (χ3n) is 4.68. The summed E-state index contributed by atoms with van der Waals surface area (Å²) in [6.45, 7) is 5.63. The maximum atomic E-state index is 13.0. The number of benzene rings is 1. The van der Waals surface area contributed by atoms with Gasteiger partial charge in [-0.2, -0.15) is 13.2 Å². The van der Waals surface area contributed by atoms with Crippen LogP contribution in [-0.4, -0.2) is 31.6 Å². The summed E-state index contributed by atoms with van der Waals surface area (Å²) in [5.41, 5.74) is 1.23. The Kier molecular flexibility index (Phi) is 8.48. The number of alkyl halides is 3. The summed E-state index contributed by atoms with van der Waals surface area (Å²) in [6, 6.07) is 7.05. The number of pyridine rings is 1. The van der Waals surface area contributed by atoms with Crippen molar-refractivity contribution in [1.82, 2.24) is 10.3 Å². The van der Waals surface area contributed by atoms with Crippen LogP contribution in [0.4, 0.5) is 24.7 Å². The second-order valence-corrected chi connectivity index (χ2v) is 9.41. The summed E-state index contributed by atoms with van der Waals surface area (Å²) >= 11 is 0. The molecule has 1 atom stereocenters. The van der Waals surface area contributed by atoms with Crippen LogP contribution in [0.2, 0.25) is 0 Å². The molecule has 0 spiro atoms. The maximum absolute atomic E-state index is 13.0. The van der Waals surface area contributed by atoms with Crippen molar-refractivity contribution in [2.75, 3.05) is 16.3 Å². The molecule has 0 fully saturated rings. The van der Waals surface area contributed by atoms with E-state index in [0.717, 1.165) is 17.9 Å². The van der Waals surface area contributed by atoms with Crippen molar-refractivity contribution < 1.29 is 26.4 Å². The maximum Gasteiger partial charge on any atom is 0.433 e. The van der Waals surface area contributed by atoms with Gasteiger partial charge in [-0.25, -0.2) is 13.4 Å². The zero-order chi connectivity index (χ0) is 24.8. The average Bonchev–Trinajstić information content (AvgIpc) is 2.71. The van der Waals surface area contributed by atoms with Gasteiger partial charge in [0.05, 0.1) is 11.9 Å². The van der Waals surface area contributed by atoms with Crippen LogP contribution in [0, 0.1) is 6.92 Å². The number of hydrogen-bond donors (Lipinski definition) is 3. The summed E-state index contributed by atoms with van der Waals surface area (Å²) in [6.07, 6.45) is -0.214. The molecule has 2 rings (SSSR count). The predicted octanol–water partition coefficient (Wildman–Crippen LogP) is 4.32. The van der Waals surface area contributed by atoms with Crippen LogP contribution in [0.3, 0.4) is 0 Å². The lowest BCUT2D eigenvalue weighted by Crippen LogP contribution is -2.20. The molecule has 11 heteroatoms. The molecule has 0 aliphatic carbocycles. The molecule has 0 aliphatic heterocycles. The summed E-state index contributed by atoms with van der Waals surface area (Å²) in [7, 11) is -3.40. The van der Waals surface area contributed by atoms with Gasteiger partial charge in [-0.05, 0) is 55.7 Å². The number of carbonyl (C=O) groups is 1. The van der Waals surface area contributed by atoms with Gasteiger partial charge in [0.2, 0.25) is 15.9 Å². The van der Waals surface area contributed by atoms with Crippen LogP contribution in [-0.2, 0) is 27.5 Å². The van der Waals surface area contributed by atoms with E-state index in [1.807, 2.05) is 13.8 Å². The minimum atomic E-state index is -4.57. The molecule has 1 heterocycles. The molecule has 0 bridgehead atoms. The fourth-order valence-electron chi connectivity index (χ4n) is 2.78. The fraction of sp³-hybridized carbons (Fsp3) is 0.364. The Morgan fingerprint density at radius 2 is 1.91 bits per heavy atom. The van der Waals surface area contributed by atoms with Crippen molar-refractivity contribution in [3.63, 3.8) is 0 Å². The minimum absolute atomic E-state index is 0.0489. The predicted molar refractivity (Wildman–Crippen MR) is 123 cm³/mol. The average molecular weight is 485 g/mol. The molecule has 0 saturated carbocycles. The molecular formula is C22H27F3N4O3S. The third kappa shape index (κ3) is 8.41. The van der Waals surface area contributed by atoms with Gasteiger partial charge >= 0.3 is 6.18 Å². The van der Waals surface area contributed by atoms with Crippen LogP contribution >= 0.6 is 0 Å². The largest absolute Gasteiger partial charge is 0.433 e. The smallest absolute Gasteiger partial charge is 0.367 e. The van der Waals surface area contributed by atoms with E-state index in [1.165, 1.54) is 18.2 Å². The van der Waals surface area contributed by atoms with Gasteiger partial charge in [0.25, 0.3) is 0 Å². The van der Waals surface area contributed by atoms with Gasteiger partial charge in [-0.3, -0.25) is 9.52 Å². The molecule has 0 saturated heterocycles. The standard InChI is InChI=1S/C22H27F3N4O3S/c1-5-15(3)27-21-17(7-10-19(28-21)22(23,24)25)8-11-20(30)26-13-16-6-9-18(14(2)12-16)29-33(4,31)32/h6-12,15,29H,5,13H2,1-4H3,(H,26,30)(H,27,28)/b11-8+. The molecule has 1 aromatic heterocycles. The quantitative estimate of drug-likeness (QED) is 0.461. The zero-order valence-corrected chi connectivity index (χ0v) is 19.6. The molecule has 1 aromatic carbocycles. The third-order valence-corrected chi connectivity index (χ3v) is 5.27. The van der Waals surface area contributed by atoms with E-state index in [2.05, 4.69) is 20.3 Å². The number of amides is 1. The Morgan fingerprint density at radius 3 is 2.48 bits per heavy atom. The van der Waals surface area contributed by atoms with Gasteiger partial charge < -0.3 is 10.6 Å². The van der Waals surface area contributed by atoms with E-state index in [0.29, 0.717) is 23.2 Å². The molecule has 3 N–H and O–H groups in total. The van der Waals surface area contributed by atoms with Gasteiger partial charge in [0, 0.05) is 24.2 Å². The Labute approximate surface area is 191 Å². The summed E-state index contributed by atoms with van der Waals surface area (Å²) < 4.78 is 64.2. The molecule has 180 valence electrons. The van der Waals surface area contributed by atoms with Crippen molar-refractivity contribution in [1.29, 1.82) is 0 Å². The van der Waals surface area contributed by atoms with Crippen molar-refractivity contribution in [3.05, 3.63) is 58.8 Å². The first-order valence-corrected chi connectivity index (χ1v) is 12.1. The van der Waals surface area contributed by atoms with Gasteiger partial charge in [-0.15, -0.1) is 0 Å². The van der Waals surface area contributed by atoms with Gasteiger partial charge in [0.15, 0.2) is 0 Å². The number of aromatic nitrogens is 1. The molecule has 33 heavy (non-hydrogen) atoms. The number of rotatable bonds is 9. The molecule has 1 unspecified atom stereocenters. The second-order valence-electron chi connectivity index (χ2n) is 7.66. The Morgan fingerprint density at radius 1 is 1.21 bits per heavy atom. The van der Waals surface area contributed by atoms with E-state index in [9.17, 15) is 26.4 Å². The number of sulfonamides is 1. The zero-order valence-electron chi connectivity index (χ0n) is 18.7. The molecule has 0 aliphatic rings. The van der Waals surface area contributed by atoms with Gasteiger partial charge in [-0.1, -0.05) is 19.1 Å². The number of aryl methyl sites for hydroxylation is 1. The van der Waals surface area contributed by atoms with Crippen LogP contribution in [0.5, 0.6) is 0 Å². The SMILES string of the molecule is CCC(C)Nc1nc(C(F)(F)F)ccc1/C=C/C(=O)NCc1ccc(NS(C)(=O)=O)c(C)c1. The van der Waals surface area contributed by atoms with Crippen molar-refractivity contribution in [2.45, 2.75) is 46.0 Å². The molecular weight excluding hydrogens is 457 g/mol. The summed E-state index contributed by atoms with van der Waals surface area (Å²) in [4.78, 5) is 15.9. The highest BCUT2D eigenvalue weighted by Crippen LogP contribution is 2.30. The first-order valence-electron chi connectivity index (χ1n) is 10.2. The summed E-state index contributed by atoms with van der Waals surface area (Å²) in [5, 5.41) is 5.62. The van der Waals surface area contributed by atoms with Crippen molar-refractivity contribution in [2.24, 2.45) is 0 Å². The topological polar surface area (TPSA) is 100 Å². The normalized spacial score (nSPS) is 13.1. The number of halogens is 3. The second kappa shape index (κ2) is 10.7. The first-order chi connectivity index (χ1) is 15.3. The van der Waals surface area contributed by atoms with Crippen LogP contribution in [0.25, 0.3) is 6.08 Å². The van der Waals surface area contributed by atoms with Crippen molar-refractivity contribution >= 4 is 33.5 Å². The Hall–Kier alpha value is -3.08. The van der Waals surface area contributed by atoms with E-state index in [4.69, 9.17) is 0 Å². The highest BCUT2D eigenvalue weighted by molar-refractivity contribution is 7.92. The number of nitrogens with one attached hydrogen (secondary N) is 3. The van der Waals surface area contributed by atoms with E-state index in [1.54, 1.807) is 25.1 Å². The number of anilines is 2. The molecule has 7 nitrogen and oxygen atoms in total. The van der Waals surface area contributed by atoms with Crippen LogP contribution in [0.15, 0.2) is 36.4 Å². The van der Waals surface area contributed by atoms with Gasteiger partial charge in [0.1, 0.15) is 11.5 Å². The van der Waals surface area contributed by atoms with E-state index < -0.39 is 27.8 Å². The van der Waals surface area contributed by atoms with Crippen LogP contribution < -0.4 is 15.4 Å². The lowest BCUT2D eigenvalue weighted by atomic mass is 10.1. The number of carbonyl (C=O) groups excluding carboxylic acids is 1. The van der Waals surface area contributed by atoms with Crippen molar-refractivity contribution in [3.8, 4) is 0 Å². The van der Waals surface area contributed by atoms with E-state index >= 15 is 0 Å². The first kappa shape index (κ1) is 26.2. The number of hydrogen-bond acceptors (Lipinski definition) is 5. The lowest BCUT2D eigenvalue weighted by molar-refractivity contribution is -0.141. The van der Waals surface area contributed by atoms with E-state index in [-0.39, 0.29) is 18.4 Å². The fourth-order valence-corrected chi connectivity index (χ4v) is 3.41.